The largest absolute Gasteiger partial charge is 0.338 e. The predicted octanol–water partition coefficient (Wildman–Crippen LogP) is 3.48. The molecule has 1 aliphatic carbocycles. The Morgan fingerprint density at radius 3 is 2.68 bits per heavy atom. The number of nitrogens with zero attached hydrogens (tertiary/aromatic N) is 7. The number of carbonyl (C=O) groups excluding carboxylic acids is 1. The summed E-state index contributed by atoms with van der Waals surface area (Å²) in [5.74, 6) is 0.292. The molecule has 2 aromatic carbocycles. The molecule has 172 valence electrons. The third-order valence-electron chi connectivity index (χ3n) is 6.85. The molecule has 1 spiro atoms. The standard InChI is InChI=1S/C25H24FN7O/c1-17-14-31(24-27-13-18-12-19(26)6-7-21(18)30-24)15-25(8-9-25)16-32(17)23(34)20-4-2-3-5-22(20)33-28-10-11-29-33/h2-7,10-13,17H,8-9,14-16H2,1H3/t17-/m0/s1. The summed E-state index contributed by atoms with van der Waals surface area (Å²) in [5.41, 5.74) is 1.99. The number of hydrogen-bond acceptors (Lipinski definition) is 6. The second-order valence-electron chi connectivity index (χ2n) is 9.37. The molecule has 2 fully saturated rings. The van der Waals surface area contributed by atoms with E-state index in [0.717, 1.165) is 19.4 Å². The molecule has 9 heteroatoms. The van der Waals surface area contributed by atoms with Crippen molar-refractivity contribution in [2.24, 2.45) is 5.41 Å². The molecule has 1 saturated carbocycles. The first-order valence-electron chi connectivity index (χ1n) is 11.5. The lowest BCUT2D eigenvalue weighted by Crippen LogP contribution is -2.43. The van der Waals surface area contributed by atoms with E-state index in [9.17, 15) is 9.18 Å². The van der Waals surface area contributed by atoms with Crippen molar-refractivity contribution in [3.63, 3.8) is 0 Å². The average Bonchev–Trinajstić information content (AvgIpc) is 3.42. The summed E-state index contributed by atoms with van der Waals surface area (Å²) in [4.78, 5) is 28.7. The third-order valence-corrected chi connectivity index (χ3v) is 6.85. The van der Waals surface area contributed by atoms with E-state index in [1.54, 1.807) is 24.7 Å². The zero-order chi connectivity index (χ0) is 23.3. The van der Waals surface area contributed by atoms with Crippen LogP contribution in [0.15, 0.2) is 61.1 Å². The van der Waals surface area contributed by atoms with Crippen LogP contribution in [0.5, 0.6) is 0 Å². The Morgan fingerprint density at radius 1 is 1.09 bits per heavy atom. The minimum atomic E-state index is -0.302. The maximum atomic E-state index is 13.8. The van der Waals surface area contributed by atoms with Gasteiger partial charge in [-0.05, 0) is 50.1 Å². The number of carbonyl (C=O) groups is 1. The van der Waals surface area contributed by atoms with Gasteiger partial charge in [-0.15, -0.1) is 0 Å². The topological polar surface area (TPSA) is 80.0 Å². The molecular formula is C25H24FN7O. The van der Waals surface area contributed by atoms with Gasteiger partial charge in [-0.3, -0.25) is 4.79 Å². The maximum absolute atomic E-state index is 13.8. The van der Waals surface area contributed by atoms with Crippen molar-refractivity contribution in [3.05, 3.63) is 72.4 Å². The molecule has 0 radical (unpaired) electrons. The van der Waals surface area contributed by atoms with E-state index in [2.05, 4.69) is 27.0 Å². The minimum Gasteiger partial charge on any atom is -0.338 e. The van der Waals surface area contributed by atoms with Gasteiger partial charge in [0.25, 0.3) is 5.91 Å². The lowest BCUT2D eigenvalue weighted by molar-refractivity contribution is 0.0676. The molecule has 1 saturated heterocycles. The van der Waals surface area contributed by atoms with Crippen LogP contribution in [0.4, 0.5) is 10.3 Å². The normalized spacial score (nSPS) is 19.4. The van der Waals surface area contributed by atoms with Gasteiger partial charge >= 0.3 is 0 Å². The van der Waals surface area contributed by atoms with Gasteiger partial charge in [-0.2, -0.15) is 15.0 Å². The molecule has 0 unspecified atom stereocenters. The van der Waals surface area contributed by atoms with E-state index in [4.69, 9.17) is 4.98 Å². The van der Waals surface area contributed by atoms with Gasteiger partial charge in [0.2, 0.25) is 5.95 Å². The fourth-order valence-electron chi connectivity index (χ4n) is 4.84. The average molecular weight is 458 g/mol. The van der Waals surface area contributed by atoms with Crippen molar-refractivity contribution in [1.29, 1.82) is 0 Å². The quantitative estimate of drug-likeness (QED) is 0.469. The first kappa shape index (κ1) is 20.7. The van der Waals surface area contributed by atoms with Gasteiger partial charge in [0.15, 0.2) is 0 Å². The minimum absolute atomic E-state index is 0.0246. The van der Waals surface area contributed by atoms with Gasteiger partial charge in [0.05, 0.1) is 29.2 Å². The van der Waals surface area contributed by atoms with Gasteiger partial charge < -0.3 is 9.80 Å². The van der Waals surface area contributed by atoms with E-state index in [1.807, 2.05) is 29.2 Å². The second kappa shape index (κ2) is 7.86. The molecule has 1 atom stereocenters. The third kappa shape index (κ3) is 3.67. The SMILES string of the molecule is C[C@H]1CN(c2ncc3cc(F)ccc3n2)CC2(CC2)CN1C(=O)c1ccccc1-n1nccn1. The number of hydrogen-bond donors (Lipinski definition) is 0. The number of rotatable bonds is 3. The Labute approximate surface area is 196 Å². The lowest BCUT2D eigenvalue weighted by atomic mass is 10.0. The molecule has 2 aromatic heterocycles. The van der Waals surface area contributed by atoms with Crippen LogP contribution >= 0.6 is 0 Å². The highest BCUT2D eigenvalue weighted by molar-refractivity contribution is 5.98. The monoisotopic (exact) mass is 457 g/mol. The van der Waals surface area contributed by atoms with Crippen molar-refractivity contribution >= 4 is 22.8 Å². The molecule has 6 rings (SSSR count). The van der Waals surface area contributed by atoms with E-state index >= 15 is 0 Å². The Bertz CT molecular complexity index is 1370. The van der Waals surface area contributed by atoms with E-state index in [-0.39, 0.29) is 23.2 Å². The summed E-state index contributed by atoms with van der Waals surface area (Å²) in [6.07, 6.45) is 6.99. The van der Waals surface area contributed by atoms with Crippen molar-refractivity contribution in [1.82, 2.24) is 29.9 Å². The van der Waals surface area contributed by atoms with E-state index in [1.165, 1.54) is 16.9 Å². The molecule has 0 N–H and O–H groups in total. The summed E-state index contributed by atoms with van der Waals surface area (Å²) in [7, 11) is 0. The first-order chi connectivity index (χ1) is 16.5. The highest BCUT2D eigenvalue weighted by Crippen LogP contribution is 2.49. The van der Waals surface area contributed by atoms with Crippen LogP contribution in [0.25, 0.3) is 16.6 Å². The van der Waals surface area contributed by atoms with Crippen molar-refractivity contribution < 1.29 is 9.18 Å². The molecule has 1 amide bonds. The molecule has 8 nitrogen and oxygen atoms in total. The number of para-hydroxylation sites is 1. The smallest absolute Gasteiger partial charge is 0.256 e. The number of halogens is 1. The molecule has 0 bridgehead atoms. The highest BCUT2D eigenvalue weighted by Gasteiger charge is 2.49. The van der Waals surface area contributed by atoms with Gasteiger partial charge in [-0.1, -0.05) is 12.1 Å². The summed E-state index contributed by atoms with van der Waals surface area (Å²) in [6.45, 7) is 4.15. The maximum Gasteiger partial charge on any atom is 0.256 e. The van der Waals surface area contributed by atoms with E-state index in [0.29, 0.717) is 41.2 Å². The summed E-state index contributed by atoms with van der Waals surface area (Å²) in [5, 5.41) is 9.12. The lowest BCUT2D eigenvalue weighted by Gasteiger charge is -2.30. The van der Waals surface area contributed by atoms with Gasteiger partial charge in [0.1, 0.15) is 5.82 Å². The predicted molar refractivity (Wildman–Crippen MR) is 125 cm³/mol. The van der Waals surface area contributed by atoms with E-state index < -0.39 is 0 Å². The van der Waals surface area contributed by atoms with Crippen LogP contribution in [0.2, 0.25) is 0 Å². The molecule has 4 aromatic rings. The molecular weight excluding hydrogens is 433 g/mol. The summed E-state index contributed by atoms with van der Waals surface area (Å²) >= 11 is 0. The van der Waals surface area contributed by atoms with Crippen molar-refractivity contribution in [2.75, 3.05) is 24.5 Å². The second-order valence-corrected chi connectivity index (χ2v) is 9.37. The molecule has 3 heterocycles. The molecule has 2 aliphatic rings. The highest BCUT2D eigenvalue weighted by atomic mass is 19.1. The van der Waals surface area contributed by atoms with Crippen molar-refractivity contribution in [3.8, 4) is 5.69 Å². The van der Waals surface area contributed by atoms with Crippen LogP contribution in [0.3, 0.4) is 0 Å². The van der Waals surface area contributed by atoms with Crippen LogP contribution in [-0.2, 0) is 0 Å². The zero-order valence-corrected chi connectivity index (χ0v) is 18.8. The number of amides is 1. The summed E-state index contributed by atoms with van der Waals surface area (Å²) in [6, 6.07) is 11.9. The number of aromatic nitrogens is 5. The Balaban J connectivity index is 1.32. The fourth-order valence-corrected chi connectivity index (χ4v) is 4.84. The Kier molecular flexibility index (Phi) is 4.79. The van der Waals surface area contributed by atoms with Crippen LogP contribution in [-0.4, -0.2) is 61.4 Å². The Morgan fingerprint density at radius 2 is 1.88 bits per heavy atom. The van der Waals surface area contributed by atoms with Gasteiger partial charge in [0, 0.05) is 42.7 Å². The fraction of sp³-hybridized carbons (Fsp3) is 0.320. The summed E-state index contributed by atoms with van der Waals surface area (Å²) < 4.78 is 13.6. The number of fused-ring (bicyclic) bond motifs is 1. The van der Waals surface area contributed by atoms with Crippen molar-refractivity contribution in [2.45, 2.75) is 25.8 Å². The van der Waals surface area contributed by atoms with Crippen LogP contribution in [0, 0.1) is 11.2 Å². The zero-order valence-electron chi connectivity index (χ0n) is 18.8. The van der Waals surface area contributed by atoms with Crippen LogP contribution < -0.4 is 4.90 Å². The molecule has 1 aliphatic heterocycles. The Hall–Kier alpha value is -3.88. The first-order valence-corrected chi connectivity index (χ1v) is 11.5. The number of anilines is 1. The molecule has 34 heavy (non-hydrogen) atoms. The van der Waals surface area contributed by atoms with Crippen LogP contribution in [0.1, 0.15) is 30.1 Å². The number of benzene rings is 2. The van der Waals surface area contributed by atoms with Gasteiger partial charge in [-0.25, -0.2) is 14.4 Å².